The zero-order valence-electron chi connectivity index (χ0n) is 11.3. The third kappa shape index (κ3) is 3.42. The lowest BCUT2D eigenvalue weighted by Crippen LogP contribution is -2.29. The highest BCUT2D eigenvalue weighted by Crippen LogP contribution is 2.34. The Morgan fingerprint density at radius 2 is 2.11 bits per heavy atom. The van der Waals surface area contributed by atoms with Gasteiger partial charge < -0.3 is 10.1 Å². The molecule has 0 aliphatic carbocycles. The maximum atomic E-state index is 5.49. The third-order valence-electron chi connectivity index (χ3n) is 3.45. The number of rotatable bonds is 5. The molecular formula is C15H23NOS. The lowest BCUT2D eigenvalue weighted by atomic mass is 9.99. The van der Waals surface area contributed by atoms with Crippen LogP contribution in [0.15, 0.2) is 24.3 Å². The van der Waals surface area contributed by atoms with Crippen molar-refractivity contribution in [3.8, 4) is 5.75 Å². The molecular weight excluding hydrogens is 242 g/mol. The molecule has 0 amide bonds. The molecule has 1 heterocycles. The van der Waals surface area contributed by atoms with Crippen LogP contribution in [0, 0.1) is 0 Å². The predicted octanol–water partition coefficient (Wildman–Crippen LogP) is 3.63. The summed E-state index contributed by atoms with van der Waals surface area (Å²) in [5.74, 6) is 2.27. The van der Waals surface area contributed by atoms with Gasteiger partial charge in [0.15, 0.2) is 0 Å². The molecule has 0 radical (unpaired) electrons. The van der Waals surface area contributed by atoms with Gasteiger partial charge in [-0.3, -0.25) is 0 Å². The monoisotopic (exact) mass is 265 g/mol. The van der Waals surface area contributed by atoms with E-state index in [2.05, 4.69) is 48.4 Å². The Morgan fingerprint density at radius 3 is 2.67 bits per heavy atom. The van der Waals surface area contributed by atoms with Gasteiger partial charge in [0.25, 0.3) is 0 Å². The second-order valence-corrected chi connectivity index (χ2v) is 6.02. The van der Waals surface area contributed by atoms with Crippen LogP contribution >= 0.6 is 11.8 Å². The fraction of sp³-hybridized carbons (Fsp3) is 0.600. The van der Waals surface area contributed by atoms with E-state index in [0.29, 0.717) is 11.3 Å². The van der Waals surface area contributed by atoms with Crippen LogP contribution in [0.2, 0.25) is 0 Å². The standard InChI is InChI=1S/C15H23NOS/c1-3-17-13-9-7-12(8-10-13)15(16-2)14-6-4-5-11-18-14/h7-10,14-16H,3-6,11H2,1-2H3. The molecule has 18 heavy (non-hydrogen) atoms. The van der Waals surface area contributed by atoms with Gasteiger partial charge in [-0.1, -0.05) is 18.6 Å². The molecule has 0 aromatic heterocycles. The van der Waals surface area contributed by atoms with Crippen molar-refractivity contribution >= 4 is 11.8 Å². The molecule has 1 aliphatic rings. The summed E-state index contributed by atoms with van der Waals surface area (Å²) in [6.07, 6.45) is 4.07. The first-order chi connectivity index (χ1) is 8.85. The molecule has 2 unspecified atom stereocenters. The Labute approximate surface area is 114 Å². The molecule has 2 rings (SSSR count). The number of ether oxygens (including phenoxy) is 1. The lowest BCUT2D eigenvalue weighted by molar-refractivity contribution is 0.340. The largest absolute Gasteiger partial charge is 0.494 e. The SMILES string of the molecule is CCOc1ccc(C(NC)C2CCCCS2)cc1. The summed E-state index contributed by atoms with van der Waals surface area (Å²) >= 11 is 2.11. The molecule has 1 fully saturated rings. The van der Waals surface area contributed by atoms with Gasteiger partial charge in [0.1, 0.15) is 5.75 Å². The summed E-state index contributed by atoms with van der Waals surface area (Å²) in [6.45, 7) is 2.75. The summed E-state index contributed by atoms with van der Waals surface area (Å²) in [5, 5.41) is 4.19. The molecule has 1 aromatic carbocycles. The van der Waals surface area contributed by atoms with E-state index in [-0.39, 0.29) is 0 Å². The van der Waals surface area contributed by atoms with Gasteiger partial charge in [-0.05, 0) is 50.3 Å². The normalized spacial score (nSPS) is 21.6. The number of benzene rings is 1. The molecule has 0 spiro atoms. The summed E-state index contributed by atoms with van der Waals surface area (Å²) in [6, 6.07) is 9.02. The van der Waals surface area contributed by atoms with Gasteiger partial charge in [0.05, 0.1) is 6.61 Å². The van der Waals surface area contributed by atoms with Crippen LogP contribution in [0.1, 0.15) is 37.8 Å². The summed E-state index contributed by atoms with van der Waals surface area (Å²) in [7, 11) is 2.07. The van der Waals surface area contributed by atoms with Crippen LogP contribution in [0.25, 0.3) is 0 Å². The van der Waals surface area contributed by atoms with Gasteiger partial charge in [0, 0.05) is 11.3 Å². The highest BCUT2D eigenvalue weighted by molar-refractivity contribution is 8.00. The predicted molar refractivity (Wildman–Crippen MR) is 79.5 cm³/mol. The minimum Gasteiger partial charge on any atom is -0.494 e. The molecule has 1 N–H and O–H groups in total. The topological polar surface area (TPSA) is 21.3 Å². The van der Waals surface area contributed by atoms with Crippen molar-refractivity contribution in [3.63, 3.8) is 0 Å². The molecule has 0 saturated carbocycles. The Hall–Kier alpha value is -0.670. The second-order valence-electron chi connectivity index (χ2n) is 4.67. The highest BCUT2D eigenvalue weighted by Gasteiger charge is 2.24. The average molecular weight is 265 g/mol. The third-order valence-corrected chi connectivity index (χ3v) is 4.91. The first-order valence-electron chi connectivity index (χ1n) is 6.86. The number of hydrogen-bond acceptors (Lipinski definition) is 3. The van der Waals surface area contributed by atoms with Crippen molar-refractivity contribution in [2.45, 2.75) is 37.5 Å². The molecule has 100 valence electrons. The van der Waals surface area contributed by atoms with E-state index < -0.39 is 0 Å². The van der Waals surface area contributed by atoms with E-state index in [1.165, 1.54) is 30.6 Å². The zero-order valence-corrected chi connectivity index (χ0v) is 12.1. The first kappa shape index (κ1) is 13.8. The quantitative estimate of drug-likeness (QED) is 0.878. The van der Waals surface area contributed by atoms with Crippen LogP contribution in [-0.2, 0) is 0 Å². The van der Waals surface area contributed by atoms with Crippen LogP contribution in [0.5, 0.6) is 5.75 Å². The first-order valence-corrected chi connectivity index (χ1v) is 7.91. The van der Waals surface area contributed by atoms with Gasteiger partial charge in [0.2, 0.25) is 0 Å². The van der Waals surface area contributed by atoms with Crippen LogP contribution in [-0.4, -0.2) is 24.7 Å². The minimum absolute atomic E-state index is 0.464. The van der Waals surface area contributed by atoms with Gasteiger partial charge in [-0.15, -0.1) is 0 Å². The maximum Gasteiger partial charge on any atom is 0.119 e. The summed E-state index contributed by atoms with van der Waals surface area (Å²) in [4.78, 5) is 0. The molecule has 0 bridgehead atoms. The number of nitrogens with one attached hydrogen (secondary N) is 1. The maximum absolute atomic E-state index is 5.49. The fourth-order valence-electron chi connectivity index (χ4n) is 2.53. The van der Waals surface area contributed by atoms with Crippen molar-refractivity contribution in [1.82, 2.24) is 5.32 Å². The lowest BCUT2D eigenvalue weighted by Gasteiger charge is -2.30. The van der Waals surface area contributed by atoms with Crippen LogP contribution in [0.4, 0.5) is 0 Å². The van der Waals surface area contributed by atoms with E-state index in [9.17, 15) is 0 Å². The summed E-state index contributed by atoms with van der Waals surface area (Å²) in [5.41, 5.74) is 1.38. The van der Waals surface area contributed by atoms with E-state index in [4.69, 9.17) is 4.74 Å². The summed E-state index contributed by atoms with van der Waals surface area (Å²) < 4.78 is 5.49. The van der Waals surface area contributed by atoms with Gasteiger partial charge in [-0.25, -0.2) is 0 Å². The van der Waals surface area contributed by atoms with Crippen LogP contribution in [0.3, 0.4) is 0 Å². The van der Waals surface area contributed by atoms with Gasteiger partial charge in [-0.2, -0.15) is 11.8 Å². The van der Waals surface area contributed by atoms with E-state index >= 15 is 0 Å². The Kier molecular flexibility index (Phi) is 5.39. The molecule has 2 atom stereocenters. The van der Waals surface area contributed by atoms with E-state index in [1.807, 2.05) is 6.92 Å². The van der Waals surface area contributed by atoms with Crippen molar-refractivity contribution in [2.75, 3.05) is 19.4 Å². The Morgan fingerprint density at radius 1 is 1.33 bits per heavy atom. The van der Waals surface area contributed by atoms with Crippen molar-refractivity contribution < 1.29 is 4.74 Å². The van der Waals surface area contributed by atoms with Crippen molar-refractivity contribution in [2.24, 2.45) is 0 Å². The van der Waals surface area contributed by atoms with Crippen molar-refractivity contribution in [3.05, 3.63) is 29.8 Å². The number of hydrogen-bond donors (Lipinski definition) is 1. The van der Waals surface area contributed by atoms with Gasteiger partial charge >= 0.3 is 0 Å². The Bertz CT molecular complexity index is 346. The van der Waals surface area contributed by atoms with E-state index in [0.717, 1.165) is 12.4 Å². The van der Waals surface area contributed by atoms with Crippen LogP contribution < -0.4 is 10.1 Å². The second kappa shape index (κ2) is 7.05. The van der Waals surface area contributed by atoms with Crippen molar-refractivity contribution in [1.29, 1.82) is 0 Å². The molecule has 1 saturated heterocycles. The highest BCUT2D eigenvalue weighted by atomic mass is 32.2. The number of thioether (sulfide) groups is 1. The fourth-order valence-corrected chi connectivity index (χ4v) is 4.03. The average Bonchev–Trinajstić information content (AvgIpc) is 2.43. The molecule has 3 heteroatoms. The van der Waals surface area contributed by atoms with E-state index in [1.54, 1.807) is 0 Å². The molecule has 2 nitrogen and oxygen atoms in total. The smallest absolute Gasteiger partial charge is 0.119 e. The molecule has 1 aromatic rings. The zero-order chi connectivity index (χ0) is 12.8. The molecule has 1 aliphatic heterocycles. The Balaban J connectivity index is 2.06. The minimum atomic E-state index is 0.464.